The van der Waals surface area contributed by atoms with Crippen molar-refractivity contribution >= 4 is 17.7 Å². The minimum absolute atomic E-state index is 0.0666. The lowest BCUT2D eigenvalue weighted by Crippen LogP contribution is -2.38. The summed E-state index contributed by atoms with van der Waals surface area (Å²) in [4.78, 5) is 26.2. The van der Waals surface area contributed by atoms with E-state index in [1.165, 1.54) is 12.1 Å². The van der Waals surface area contributed by atoms with Crippen molar-refractivity contribution < 1.29 is 14.7 Å². The summed E-state index contributed by atoms with van der Waals surface area (Å²) in [5, 5.41) is 8.83. The molecular formula is C13H16N2O3. The molecule has 1 aliphatic heterocycles. The quantitative estimate of drug-likeness (QED) is 0.871. The number of nitrogens with zero attached hydrogens (tertiary/aromatic N) is 2. The van der Waals surface area contributed by atoms with Crippen LogP contribution in [0.25, 0.3) is 0 Å². The van der Waals surface area contributed by atoms with Gasteiger partial charge in [-0.15, -0.1) is 0 Å². The number of aromatic carboxylic acids is 1. The van der Waals surface area contributed by atoms with Gasteiger partial charge in [-0.2, -0.15) is 0 Å². The van der Waals surface area contributed by atoms with Gasteiger partial charge in [0.15, 0.2) is 0 Å². The molecule has 96 valence electrons. The Kier molecular flexibility index (Phi) is 2.77. The first-order chi connectivity index (χ1) is 8.33. The summed E-state index contributed by atoms with van der Waals surface area (Å²) in [6.07, 6.45) is 0. The summed E-state index contributed by atoms with van der Waals surface area (Å²) < 4.78 is 0. The van der Waals surface area contributed by atoms with Gasteiger partial charge in [0.1, 0.15) is 0 Å². The monoisotopic (exact) mass is 248 g/mol. The van der Waals surface area contributed by atoms with E-state index in [1.807, 2.05) is 13.8 Å². The molecule has 1 saturated heterocycles. The fraction of sp³-hybridized carbons (Fsp3) is 0.385. The Bertz CT molecular complexity index is 493. The van der Waals surface area contributed by atoms with E-state index in [1.54, 1.807) is 29.0 Å². The molecule has 2 rings (SSSR count). The molecule has 0 aromatic heterocycles. The number of carboxylic acids is 1. The van der Waals surface area contributed by atoms with Gasteiger partial charge in [0.25, 0.3) is 0 Å². The van der Waals surface area contributed by atoms with Crippen molar-refractivity contribution in [3.8, 4) is 0 Å². The van der Waals surface area contributed by atoms with Gasteiger partial charge in [-0.3, -0.25) is 4.90 Å². The molecule has 0 unspecified atom stereocenters. The van der Waals surface area contributed by atoms with Crippen molar-refractivity contribution in [2.24, 2.45) is 0 Å². The van der Waals surface area contributed by atoms with Crippen molar-refractivity contribution in [1.29, 1.82) is 0 Å². The summed E-state index contributed by atoms with van der Waals surface area (Å²) in [7, 11) is 1.77. The average molecular weight is 248 g/mol. The first kappa shape index (κ1) is 12.4. The average Bonchev–Trinajstić information content (AvgIpc) is 2.53. The number of hydrogen-bond acceptors (Lipinski definition) is 2. The Hall–Kier alpha value is -2.04. The normalized spacial score (nSPS) is 18.3. The van der Waals surface area contributed by atoms with Crippen LogP contribution in [0.15, 0.2) is 24.3 Å². The van der Waals surface area contributed by atoms with E-state index in [2.05, 4.69) is 0 Å². The Labute approximate surface area is 106 Å². The number of carboxylic acid groups (broad SMARTS) is 1. The van der Waals surface area contributed by atoms with Crippen LogP contribution in [0.2, 0.25) is 0 Å². The van der Waals surface area contributed by atoms with E-state index in [9.17, 15) is 9.59 Å². The van der Waals surface area contributed by atoms with E-state index in [-0.39, 0.29) is 17.1 Å². The SMILES string of the molecule is CN1C(=O)N(c2ccc(C(=O)O)cc2)CC1(C)C. The van der Waals surface area contributed by atoms with Gasteiger partial charge >= 0.3 is 12.0 Å². The molecule has 1 aromatic rings. The minimum Gasteiger partial charge on any atom is -0.478 e. The van der Waals surface area contributed by atoms with Crippen LogP contribution >= 0.6 is 0 Å². The Morgan fingerprint density at radius 2 is 1.83 bits per heavy atom. The maximum absolute atomic E-state index is 12.1. The van der Waals surface area contributed by atoms with E-state index in [4.69, 9.17) is 5.11 Å². The molecule has 1 N–H and O–H groups in total. The van der Waals surface area contributed by atoms with Crippen LogP contribution in [0.3, 0.4) is 0 Å². The molecular weight excluding hydrogens is 232 g/mol. The highest BCUT2D eigenvalue weighted by Gasteiger charge is 2.41. The van der Waals surface area contributed by atoms with Crippen LogP contribution in [0.4, 0.5) is 10.5 Å². The first-order valence-corrected chi connectivity index (χ1v) is 5.71. The predicted octanol–water partition coefficient (Wildman–Crippen LogP) is 2.04. The molecule has 1 heterocycles. The number of hydrogen-bond donors (Lipinski definition) is 1. The molecule has 0 saturated carbocycles. The summed E-state index contributed by atoms with van der Waals surface area (Å²) in [6, 6.07) is 6.28. The maximum atomic E-state index is 12.1. The molecule has 5 nitrogen and oxygen atoms in total. The third-order valence-electron chi connectivity index (χ3n) is 3.40. The third-order valence-corrected chi connectivity index (χ3v) is 3.40. The lowest BCUT2D eigenvalue weighted by molar-refractivity contribution is 0.0697. The number of rotatable bonds is 2. The lowest BCUT2D eigenvalue weighted by Gasteiger charge is -2.24. The number of benzene rings is 1. The Balaban J connectivity index is 2.28. The summed E-state index contributed by atoms with van der Waals surface area (Å²) in [5.74, 6) is -0.966. The van der Waals surface area contributed by atoms with Crippen LogP contribution in [-0.2, 0) is 0 Å². The second kappa shape index (κ2) is 4.01. The van der Waals surface area contributed by atoms with Gasteiger partial charge in [-0.25, -0.2) is 9.59 Å². The Morgan fingerprint density at radius 1 is 1.28 bits per heavy atom. The molecule has 18 heavy (non-hydrogen) atoms. The zero-order valence-corrected chi connectivity index (χ0v) is 10.7. The van der Waals surface area contributed by atoms with Gasteiger partial charge < -0.3 is 10.0 Å². The zero-order chi connectivity index (χ0) is 13.5. The van der Waals surface area contributed by atoms with E-state index < -0.39 is 5.97 Å². The zero-order valence-electron chi connectivity index (χ0n) is 10.7. The molecule has 0 atom stereocenters. The fourth-order valence-electron chi connectivity index (χ4n) is 1.99. The van der Waals surface area contributed by atoms with E-state index in [0.717, 1.165) is 5.69 Å². The third kappa shape index (κ3) is 1.92. The Morgan fingerprint density at radius 3 is 2.22 bits per heavy atom. The van der Waals surface area contributed by atoms with Crippen molar-refractivity contribution in [2.75, 3.05) is 18.5 Å². The number of amides is 2. The lowest BCUT2D eigenvalue weighted by atomic mass is 10.1. The summed E-state index contributed by atoms with van der Waals surface area (Å²) in [6.45, 7) is 4.59. The highest BCUT2D eigenvalue weighted by Crippen LogP contribution is 2.29. The van der Waals surface area contributed by atoms with Crippen LogP contribution in [0, 0.1) is 0 Å². The molecule has 5 heteroatoms. The number of urea groups is 1. The second-order valence-corrected chi connectivity index (χ2v) is 5.09. The number of likely N-dealkylation sites (N-methyl/N-ethyl adjacent to an activating group) is 1. The molecule has 1 fully saturated rings. The van der Waals surface area contributed by atoms with Crippen LogP contribution in [0.5, 0.6) is 0 Å². The predicted molar refractivity (Wildman–Crippen MR) is 68.0 cm³/mol. The van der Waals surface area contributed by atoms with Gasteiger partial charge in [0.05, 0.1) is 17.6 Å². The van der Waals surface area contributed by atoms with Crippen molar-refractivity contribution in [1.82, 2.24) is 4.90 Å². The molecule has 0 radical (unpaired) electrons. The summed E-state index contributed by atoms with van der Waals surface area (Å²) >= 11 is 0. The number of carbonyl (C=O) groups is 2. The first-order valence-electron chi connectivity index (χ1n) is 5.71. The van der Waals surface area contributed by atoms with Gasteiger partial charge in [0.2, 0.25) is 0 Å². The summed E-state index contributed by atoms with van der Waals surface area (Å²) in [5.41, 5.74) is 0.725. The maximum Gasteiger partial charge on any atom is 0.335 e. The van der Waals surface area contributed by atoms with Gasteiger partial charge in [-0.1, -0.05) is 0 Å². The van der Waals surface area contributed by atoms with Crippen LogP contribution in [-0.4, -0.2) is 41.1 Å². The standard InChI is InChI=1S/C13H16N2O3/c1-13(2)8-15(12(18)14(13)3)10-6-4-9(5-7-10)11(16)17/h4-7H,8H2,1-3H3,(H,16,17). The largest absolute Gasteiger partial charge is 0.478 e. The molecule has 1 aromatic carbocycles. The van der Waals surface area contributed by atoms with E-state index >= 15 is 0 Å². The van der Waals surface area contributed by atoms with Gasteiger partial charge in [0, 0.05) is 12.7 Å². The molecule has 1 aliphatic rings. The van der Waals surface area contributed by atoms with E-state index in [0.29, 0.717) is 6.54 Å². The number of carbonyl (C=O) groups excluding carboxylic acids is 1. The van der Waals surface area contributed by atoms with Crippen molar-refractivity contribution in [3.63, 3.8) is 0 Å². The second-order valence-electron chi connectivity index (χ2n) is 5.09. The fourth-order valence-corrected chi connectivity index (χ4v) is 1.99. The minimum atomic E-state index is -0.966. The molecule has 0 spiro atoms. The highest BCUT2D eigenvalue weighted by molar-refractivity contribution is 5.96. The highest BCUT2D eigenvalue weighted by atomic mass is 16.4. The van der Waals surface area contributed by atoms with Crippen LogP contribution in [0.1, 0.15) is 24.2 Å². The topological polar surface area (TPSA) is 60.9 Å². The van der Waals surface area contributed by atoms with Gasteiger partial charge in [-0.05, 0) is 38.1 Å². The molecule has 0 aliphatic carbocycles. The molecule has 0 bridgehead atoms. The molecule has 2 amide bonds. The van der Waals surface area contributed by atoms with Crippen LogP contribution < -0.4 is 4.90 Å². The number of anilines is 1. The smallest absolute Gasteiger partial charge is 0.335 e. The van der Waals surface area contributed by atoms with Crippen molar-refractivity contribution in [3.05, 3.63) is 29.8 Å². The van der Waals surface area contributed by atoms with Crippen molar-refractivity contribution in [2.45, 2.75) is 19.4 Å².